The lowest BCUT2D eigenvalue weighted by atomic mass is 10.1. The summed E-state index contributed by atoms with van der Waals surface area (Å²) in [5, 5.41) is 3.35. The van der Waals surface area contributed by atoms with E-state index in [1.807, 2.05) is 48.0 Å². The molecular formula is C33H30N6O4. The molecule has 0 fully saturated rings. The van der Waals surface area contributed by atoms with Crippen LogP contribution in [0.3, 0.4) is 0 Å². The zero-order chi connectivity index (χ0) is 30.1. The van der Waals surface area contributed by atoms with E-state index in [-0.39, 0.29) is 11.8 Å². The number of carbonyl (C=O) groups is 2. The Morgan fingerprint density at radius 3 is 2.42 bits per heavy atom. The first-order valence-corrected chi connectivity index (χ1v) is 13.8. The number of carbonyl (C=O) groups excluding carboxylic acids is 2. The Morgan fingerprint density at radius 1 is 0.953 bits per heavy atom. The fourth-order valence-corrected chi connectivity index (χ4v) is 5.24. The number of fused-ring (bicyclic) bond motifs is 2. The van der Waals surface area contributed by atoms with E-state index in [1.165, 1.54) is 4.90 Å². The van der Waals surface area contributed by atoms with E-state index in [4.69, 9.17) is 19.4 Å². The number of imide groups is 1. The molecule has 3 aromatic heterocycles. The van der Waals surface area contributed by atoms with E-state index in [9.17, 15) is 9.59 Å². The van der Waals surface area contributed by atoms with Gasteiger partial charge in [0.25, 0.3) is 11.8 Å². The summed E-state index contributed by atoms with van der Waals surface area (Å²) in [5.74, 6) is 1.49. The molecule has 0 atom stereocenters. The van der Waals surface area contributed by atoms with Gasteiger partial charge in [-0.3, -0.25) is 19.5 Å². The Bertz CT molecular complexity index is 1860. The molecule has 1 aliphatic rings. The van der Waals surface area contributed by atoms with Gasteiger partial charge in [0, 0.05) is 53.9 Å². The van der Waals surface area contributed by atoms with Crippen LogP contribution in [0.25, 0.3) is 28.5 Å². The molecule has 0 radical (unpaired) electrons. The van der Waals surface area contributed by atoms with E-state index >= 15 is 0 Å². The summed E-state index contributed by atoms with van der Waals surface area (Å²) < 4.78 is 12.9. The van der Waals surface area contributed by atoms with Gasteiger partial charge in [-0.15, -0.1) is 0 Å². The quantitative estimate of drug-likeness (QED) is 0.206. The SMILES string of the molecule is C=Cc1cc(-c2cnc3ccc(Nc4cc(OC)cc(OC)c4C)nc3n2)cn1CCCN1C(=O)c2ccccc2C1=O. The maximum absolute atomic E-state index is 12.7. The van der Waals surface area contributed by atoms with Gasteiger partial charge in [0.15, 0.2) is 5.65 Å². The molecule has 4 heterocycles. The molecule has 1 aliphatic heterocycles. The van der Waals surface area contributed by atoms with Crippen molar-refractivity contribution in [2.45, 2.75) is 19.9 Å². The second-order valence-corrected chi connectivity index (χ2v) is 10.1. The number of amides is 2. The fraction of sp³-hybridized carbons (Fsp3) is 0.182. The van der Waals surface area contributed by atoms with Gasteiger partial charge in [-0.05, 0) is 49.8 Å². The largest absolute Gasteiger partial charge is 0.497 e. The molecule has 43 heavy (non-hydrogen) atoms. The van der Waals surface area contributed by atoms with Crippen molar-refractivity contribution in [2.75, 3.05) is 26.1 Å². The minimum atomic E-state index is -0.244. The minimum Gasteiger partial charge on any atom is -0.497 e. The summed E-state index contributed by atoms with van der Waals surface area (Å²) in [6.45, 7) is 6.83. The number of methoxy groups -OCH3 is 2. The number of aromatic nitrogens is 4. The fourth-order valence-electron chi connectivity index (χ4n) is 5.24. The maximum atomic E-state index is 12.7. The van der Waals surface area contributed by atoms with Crippen LogP contribution in [0.5, 0.6) is 11.5 Å². The number of nitrogens with zero attached hydrogens (tertiary/aromatic N) is 5. The van der Waals surface area contributed by atoms with E-state index in [2.05, 4.69) is 16.9 Å². The number of anilines is 2. The average Bonchev–Trinajstić information content (AvgIpc) is 3.56. The van der Waals surface area contributed by atoms with Crippen LogP contribution < -0.4 is 14.8 Å². The molecule has 0 aliphatic carbocycles. The van der Waals surface area contributed by atoms with Gasteiger partial charge in [-0.25, -0.2) is 9.97 Å². The highest BCUT2D eigenvalue weighted by molar-refractivity contribution is 6.21. The van der Waals surface area contributed by atoms with E-state index in [1.54, 1.807) is 50.8 Å². The van der Waals surface area contributed by atoms with Crippen molar-refractivity contribution in [3.8, 4) is 22.8 Å². The molecule has 5 aromatic rings. The van der Waals surface area contributed by atoms with Gasteiger partial charge in [0.2, 0.25) is 0 Å². The van der Waals surface area contributed by atoms with Crippen LogP contribution in [0, 0.1) is 6.92 Å². The molecule has 0 bridgehead atoms. The van der Waals surface area contributed by atoms with Gasteiger partial charge in [0.1, 0.15) is 22.8 Å². The molecule has 216 valence electrons. The number of rotatable bonds is 10. The third-order valence-corrected chi connectivity index (χ3v) is 7.55. The summed E-state index contributed by atoms with van der Waals surface area (Å²) in [6, 6.07) is 16.4. The highest BCUT2D eigenvalue weighted by Gasteiger charge is 2.34. The molecule has 0 saturated heterocycles. The monoisotopic (exact) mass is 574 g/mol. The highest BCUT2D eigenvalue weighted by atomic mass is 16.5. The lowest BCUT2D eigenvalue weighted by molar-refractivity contribution is 0.0650. The van der Waals surface area contributed by atoms with E-state index in [0.29, 0.717) is 64.8 Å². The standard InChI is InChI=1S/C33H30N6O4/c1-5-22-15-21(19-38(22)13-8-14-39-32(40)24-9-6-7-10-25(24)33(39)41)28-18-34-26-11-12-30(37-31(26)36-28)35-27-16-23(42-3)17-29(43-4)20(27)2/h5-7,9-12,15-19H,1,8,13-14H2,2-4H3,(H,35,36,37). The first-order chi connectivity index (χ1) is 20.9. The Morgan fingerprint density at radius 2 is 1.72 bits per heavy atom. The number of nitrogens with one attached hydrogen (secondary N) is 1. The first kappa shape index (κ1) is 27.6. The highest BCUT2D eigenvalue weighted by Crippen LogP contribution is 2.33. The topological polar surface area (TPSA) is 111 Å². The van der Waals surface area contributed by atoms with Gasteiger partial charge in [-0.2, -0.15) is 0 Å². The lowest BCUT2D eigenvalue weighted by Gasteiger charge is -2.14. The summed E-state index contributed by atoms with van der Waals surface area (Å²) in [4.78, 5) is 40.9. The van der Waals surface area contributed by atoms with Gasteiger partial charge >= 0.3 is 0 Å². The third kappa shape index (κ3) is 5.19. The van der Waals surface area contributed by atoms with Crippen LogP contribution in [0.1, 0.15) is 38.4 Å². The zero-order valence-electron chi connectivity index (χ0n) is 24.1. The molecule has 10 nitrogen and oxygen atoms in total. The second kappa shape index (κ2) is 11.4. The van der Waals surface area contributed by atoms with Crippen molar-refractivity contribution < 1.29 is 19.1 Å². The molecule has 2 aromatic carbocycles. The summed E-state index contributed by atoms with van der Waals surface area (Å²) in [5.41, 5.74) is 6.23. The molecule has 0 spiro atoms. The molecule has 0 saturated carbocycles. The summed E-state index contributed by atoms with van der Waals surface area (Å²) >= 11 is 0. The predicted molar refractivity (Wildman–Crippen MR) is 165 cm³/mol. The van der Waals surface area contributed by atoms with Crippen LogP contribution >= 0.6 is 0 Å². The van der Waals surface area contributed by atoms with Crippen molar-refractivity contribution in [3.05, 3.63) is 96.0 Å². The Kier molecular flexibility index (Phi) is 7.33. The Hall–Kier alpha value is -5.51. The molecule has 6 rings (SSSR count). The van der Waals surface area contributed by atoms with Gasteiger partial charge < -0.3 is 19.4 Å². The Labute approximate surface area is 248 Å². The maximum Gasteiger partial charge on any atom is 0.261 e. The smallest absolute Gasteiger partial charge is 0.261 e. The van der Waals surface area contributed by atoms with E-state index < -0.39 is 0 Å². The molecular weight excluding hydrogens is 544 g/mol. The normalized spacial score (nSPS) is 12.5. The van der Waals surface area contributed by atoms with Crippen molar-refractivity contribution in [2.24, 2.45) is 0 Å². The number of ether oxygens (including phenoxy) is 2. The molecule has 10 heteroatoms. The zero-order valence-corrected chi connectivity index (χ0v) is 24.1. The number of benzene rings is 2. The van der Waals surface area contributed by atoms with E-state index in [0.717, 1.165) is 22.5 Å². The van der Waals surface area contributed by atoms with Crippen LogP contribution in [0.4, 0.5) is 11.5 Å². The number of hydrogen-bond donors (Lipinski definition) is 1. The molecule has 1 N–H and O–H groups in total. The third-order valence-electron chi connectivity index (χ3n) is 7.55. The predicted octanol–water partition coefficient (Wildman–Crippen LogP) is 5.89. The molecule has 2 amide bonds. The number of hydrogen-bond acceptors (Lipinski definition) is 8. The van der Waals surface area contributed by atoms with Crippen molar-refractivity contribution in [1.82, 2.24) is 24.4 Å². The van der Waals surface area contributed by atoms with Crippen molar-refractivity contribution in [1.29, 1.82) is 0 Å². The number of aryl methyl sites for hydroxylation is 1. The van der Waals surface area contributed by atoms with Gasteiger partial charge in [0.05, 0.1) is 37.2 Å². The Balaban J connectivity index is 1.20. The molecule has 0 unspecified atom stereocenters. The second-order valence-electron chi connectivity index (χ2n) is 10.1. The lowest BCUT2D eigenvalue weighted by Crippen LogP contribution is -2.31. The van der Waals surface area contributed by atoms with Crippen molar-refractivity contribution >= 4 is 40.6 Å². The van der Waals surface area contributed by atoms with Gasteiger partial charge in [-0.1, -0.05) is 18.7 Å². The summed E-state index contributed by atoms with van der Waals surface area (Å²) in [6.07, 6.45) is 6.06. The van der Waals surface area contributed by atoms with Crippen LogP contribution in [-0.2, 0) is 6.54 Å². The minimum absolute atomic E-state index is 0.244. The number of pyridine rings is 1. The average molecular weight is 575 g/mol. The van der Waals surface area contributed by atoms with Crippen LogP contribution in [0.15, 0.2) is 73.6 Å². The first-order valence-electron chi connectivity index (χ1n) is 13.8. The van der Waals surface area contributed by atoms with Crippen LogP contribution in [-0.4, -0.2) is 57.0 Å². The summed E-state index contributed by atoms with van der Waals surface area (Å²) in [7, 11) is 3.23. The van der Waals surface area contributed by atoms with Crippen LogP contribution in [0.2, 0.25) is 0 Å². The van der Waals surface area contributed by atoms with Crippen molar-refractivity contribution in [3.63, 3.8) is 0 Å².